The number of nitrogens with one attached hydrogen (secondary N) is 2. The molecule has 1 saturated carbocycles. The standard InChI is InChI=1S/C27H43N7O7/c1-8-9-14-38-34-17-10-11-18(33(15-17)24(34)37)19-31-32-20(39-19)27(12-13-27)16-28-21(29-22(35)40-25(2,3)4)30-23(36)41-26(5,6)7/h17-18H,8-16H2,1-7H3,(H2,28,29,30,35,36)/t17-,18-/m0/s1. The SMILES string of the molecule is CCCCON1C(=O)N2C[C@@H]1CC[C@H]2c1nnc(C2(CN/C(=N\C(=O)OC(C)(C)C)NC(=O)OC(C)(C)C)CC2)o1. The van der Waals surface area contributed by atoms with Gasteiger partial charge in [0.2, 0.25) is 17.7 Å². The molecule has 2 saturated heterocycles. The van der Waals surface area contributed by atoms with E-state index < -0.39 is 28.8 Å². The lowest BCUT2D eigenvalue weighted by atomic mass is 10.0. The Morgan fingerprint density at radius 1 is 1.10 bits per heavy atom. The van der Waals surface area contributed by atoms with Crippen molar-refractivity contribution in [2.75, 3.05) is 19.7 Å². The van der Waals surface area contributed by atoms with E-state index in [0.717, 1.165) is 32.1 Å². The molecule has 1 aromatic rings. The third-order valence-electron chi connectivity index (χ3n) is 6.89. The summed E-state index contributed by atoms with van der Waals surface area (Å²) in [5, 5.41) is 15.7. The smallest absolute Gasteiger partial charge is 0.437 e. The highest BCUT2D eigenvalue weighted by atomic mass is 16.7. The van der Waals surface area contributed by atoms with E-state index in [0.29, 0.717) is 31.4 Å². The maximum Gasteiger partial charge on any atom is 0.437 e. The van der Waals surface area contributed by atoms with Crippen molar-refractivity contribution in [1.82, 2.24) is 30.8 Å². The van der Waals surface area contributed by atoms with Gasteiger partial charge >= 0.3 is 18.2 Å². The number of unbranched alkanes of at least 4 members (excludes halogenated alkanes) is 1. The molecule has 2 N–H and O–H groups in total. The van der Waals surface area contributed by atoms with E-state index in [4.69, 9.17) is 18.7 Å². The molecule has 2 bridgehead atoms. The summed E-state index contributed by atoms with van der Waals surface area (Å²) in [6, 6.07) is -0.467. The fraction of sp³-hybridized carbons (Fsp3) is 0.778. The van der Waals surface area contributed by atoms with Gasteiger partial charge in [-0.05, 0) is 73.6 Å². The number of carbonyl (C=O) groups excluding carboxylic acids is 3. The number of carbonyl (C=O) groups is 3. The Kier molecular flexibility index (Phi) is 8.81. The summed E-state index contributed by atoms with van der Waals surface area (Å²) in [5.74, 6) is 0.713. The number of hydrogen-bond donors (Lipinski definition) is 2. The number of hydroxylamine groups is 2. The molecule has 3 fully saturated rings. The molecule has 2 atom stereocenters. The van der Waals surface area contributed by atoms with Gasteiger partial charge in [-0.3, -0.25) is 10.2 Å². The van der Waals surface area contributed by atoms with E-state index >= 15 is 0 Å². The molecule has 4 amide bonds. The Bertz CT molecular complexity index is 1150. The average molecular weight is 578 g/mol. The van der Waals surface area contributed by atoms with Crippen LogP contribution >= 0.6 is 0 Å². The van der Waals surface area contributed by atoms with Gasteiger partial charge in [0.25, 0.3) is 0 Å². The molecule has 228 valence electrons. The third kappa shape index (κ3) is 7.86. The summed E-state index contributed by atoms with van der Waals surface area (Å²) >= 11 is 0. The van der Waals surface area contributed by atoms with Gasteiger partial charge in [-0.25, -0.2) is 14.4 Å². The van der Waals surface area contributed by atoms with E-state index in [1.54, 1.807) is 46.4 Å². The molecule has 3 heterocycles. The number of ether oxygens (including phenoxy) is 2. The highest BCUT2D eigenvalue weighted by molar-refractivity contribution is 5.98. The molecule has 14 heteroatoms. The number of urea groups is 1. The molecule has 14 nitrogen and oxygen atoms in total. The second-order valence-electron chi connectivity index (χ2n) is 12.8. The first-order valence-electron chi connectivity index (χ1n) is 14.3. The molecule has 2 aliphatic heterocycles. The van der Waals surface area contributed by atoms with Crippen molar-refractivity contribution in [3.8, 4) is 0 Å². The van der Waals surface area contributed by atoms with Crippen LogP contribution in [0.5, 0.6) is 0 Å². The maximum atomic E-state index is 13.0. The van der Waals surface area contributed by atoms with Crippen molar-refractivity contribution in [3.05, 3.63) is 11.8 Å². The second-order valence-corrected chi connectivity index (χ2v) is 12.8. The lowest BCUT2D eigenvalue weighted by Crippen LogP contribution is -2.46. The predicted molar refractivity (Wildman–Crippen MR) is 147 cm³/mol. The number of nitrogens with zero attached hydrogens (tertiary/aromatic N) is 5. The summed E-state index contributed by atoms with van der Waals surface area (Å²) in [6.07, 6.45) is 3.24. The van der Waals surface area contributed by atoms with Crippen LogP contribution in [0.1, 0.15) is 105 Å². The molecule has 0 spiro atoms. The van der Waals surface area contributed by atoms with E-state index in [2.05, 4.69) is 32.7 Å². The normalized spacial score (nSPS) is 22.0. The lowest BCUT2D eigenvalue weighted by molar-refractivity contribution is -0.130. The van der Waals surface area contributed by atoms with Crippen molar-refractivity contribution in [3.63, 3.8) is 0 Å². The van der Waals surface area contributed by atoms with E-state index in [9.17, 15) is 14.4 Å². The van der Waals surface area contributed by atoms with Gasteiger partial charge < -0.3 is 24.1 Å². The number of alkyl carbamates (subject to hydrolysis) is 1. The fourth-order valence-corrected chi connectivity index (χ4v) is 4.70. The minimum Gasteiger partial charge on any atom is -0.444 e. The number of aliphatic imine (C=N–C) groups is 1. The maximum absolute atomic E-state index is 13.0. The zero-order valence-corrected chi connectivity index (χ0v) is 25.1. The summed E-state index contributed by atoms with van der Waals surface area (Å²) in [5.41, 5.74) is -2.01. The monoisotopic (exact) mass is 577 g/mol. The average Bonchev–Trinajstić information content (AvgIpc) is 3.40. The van der Waals surface area contributed by atoms with Crippen molar-refractivity contribution < 1.29 is 33.1 Å². The van der Waals surface area contributed by atoms with Crippen LogP contribution in [0.3, 0.4) is 0 Å². The van der Waals surface area contributed by atoms with Gasteiger partial charge in [0.15, 0.2) is 0 Å². The molecule has 41 heavy (non-hydrogen) atoms. The van der Waals surface area contributed by atoms with Crippen LogP contribution in [-0.2, 0) is 19.7 Å². The van der Waals surface area contributed by atoms with Gasteiger partial charge in [0.1, 0.15) is 17.2 Å². The highest BCUT2D eigenvalue weighted by Gasteiger charge is 2.51. The van der Waals surface area contributed by atoms with E-state index in [1.807, 2.05) is 0 Å². The second kappa shape index (κ2) is 11.8. The molecule has 3 aliphatic rings. The summed E-state index contributed by atoms with van der Waals surface area (Å²) in [7, 11) is 0. The lowest BCUT2D eigenvalue weighted by Gasteiger charge is -2.27. The molecule has 0 aromatic carbocycles. The van der Waals surface area contributed by atoms with Crippen LogP contribution in [-0.4, -0.2) is 81.3 Å². The molecule has 1 aromatic heterocycles. The van der Waals surface area contributed by atoms with Crippen LogP contribution in [0.4, 0.5) is 14.4 Å². The zero-order valence-electron chi connectivity index (χ0n) is 25.1. The van der Waals surface area contributed by atoms with Crippen LogP contribution < -0.4 is 10.6 Å². The molecular weight excluding hydrogens is 534 g/mol. The number of amides is 4. The van der Waals surface area contributed by atoms with Crippen LogP contribution in [0.25, 0.3) is 0 Å². The van der Waals surface area contributed by atoms with E-state index in [1.165, 1.54) is 5.06 Å². The Labute approximate surface area is 240 Å². The van der Waals surface area contributed by atoms with Gasteiger partial charge in [0, 0.05) is 13.1 Å². The first-order chi connectivity index (χ1) is 19.2. The quantitative estimate of drug-likeness (QED) is 0.260. The molecule has 1 aliphatic carbocycles. The van der Waals surface area contributed by atoms with Crippen molar-refractivity contribution in [1.29, 1.82) is 0 Å². The minimum absolute atomic E-state index is 0.0251. The largest absolute Gasteiger partial charge is 0.444 e. The zero-order chi connectivity index (χ0) is 30.0. The topological polar surface area (TPSA) is 161 Å². The van der Waals surface area contributed by atoms with Crippen LogP contribution in [0.15, 0.2) is 9.41 Å². The van der Waals surface area contributed by atoms with Gasteiger partial charge in [-0.15, -0.1) is 15.2 Å². The summed E-state index contributed by atoms with van der Waals surface area (Å²) < 4.78 is 16.7. The van der Waals surface area contributed by atoms with Gasteiger partial charge in [-0.2, -0.15) is 5.06 Å². The summed E-state index contributed by atoms with van der Waals surface area (Å²) in [4.78, 5) is 49.3. The van der Waals surface area contributed by atoms with Gasteiger partial charge in [0.05, 0.1) is 18.1 Å². The minimum atomic E-state index is -0.861. The number of piperidine rings is 1. The molecule has 0 radical (unpaired) electrons. The predicted octanol–water partition coefficient (Wildman–Crippen LogP) is 4.18. The highest BCUT2D eigenvalue weighted by Crippen LogP contribution is 2.48. The number of rotatable bonds is 8. The Hall–Kier alpha value is -3.42. The Morgan fingerprint density at radius 2 is 1.80 bits per heavy atom. The van der Waals surface area contributed by atoms with Crippen LogP contribution in [0, 0.1) is 0 Å². The number of guanidine groups is 1. The Balaban J connectivity index is 1.42. The first kappa shape index (κ1) is 30.5. The summed E-state index contributed by atoms with van der Waals surface area (Å²) in [6.45, 7) is 13.8. The van der Waals surface area contributed by atoms with E-state index in [-0.39, 0.29) is 30.6 Å². The van der Waals surface area contributed by atoms with Crippen molar-refractivity contribution in [2.24, 2.45) is 4.99 Å². The van der Waals surface area contributed by atoms with Gasteiger partial charge in [-0.1, -0.05) is 13.3 Å². The molecular formula is C27H43N7O7. The van der Waals surface area contributed by atoms with Crippen molar-refractivity contribution >= 4 is 24.2 Å². The third-order valence-corrected chi connectivity index (χ3v) is 6.89. The molecule has 4 rings (SSSR count). The number of fused-ring (bicyclic) bond motifs is 2. The van der Waals surface area contributed by atoms with Crippen molar-refractivity contribution in [2.45, 2.75) is 116 Å². The Morgan fingerprint density at radius 3 is 2.44 bits per heavy atom. The van der Waals surface area contributed by atoms with Crippen LogP contribution in [0.2, 0.25) is 0 Å². The number of hydrogen-bond acceptors (Lipinski definition) is 9. The number of aromatic nitrogens is 2. The molecule has 0 unspecified atom stereocenters. The fourth-order valence-electron chi connectivity index (χ4n) is 4.70. The first-order valence-corrected chi connectivity index (χ1v) is 14.3.